The summed E-state index contributed by atoms with van der Waals surface area (Å²) in [5.74, 6) is 0. The third kappa shape index (κ3) is 0.827. The zero-order chi connectivity index (χ0) is 7.84. The maximum Gasteiger partial charge on any atom is 0.167 e. The first-order valence-corrected chi connectivity index (χ1v) is 3.60. The van der Waals surface area contributed by atoms with Crippen LogP contribution in [0.1, 0.15) is 11.3 Å². The van der Waals surface area contributed by atoms with Crippen molar-refractivity contribution in [2.24, 2.45) is 0 Å². The van der Waals surface area contributed by atoms with Crippen molar-refractivity contribution in [3.05, 3.63) is 29.5 Å². The van der Waals surface area contributed by atoms with Crippen LogP contribution in [-0.2, 0) is 0 Å². The molecule has 0 bridgehead atoms. The number of rotatable bonds is 0. The molecular formula is C9H9NO. The van der Waals surface area contributed by atoms with Crippen molar-refractivity contribution in [3.8, 4) is 0 Å². The Balaban J connectivity index is 2.96. The number of hydrogen-bond donors (Lipinski definition) is 0. The number of aromatic nitrogens is 1. The molecule has 0 saturated carbocycles. The van der Waals surface area contributed by atoms with Gasteiger partial charge < -0.3 is 4.52 Å². The van der Waals surface area contributed by atoms with Crippen LogP contribution in [0.15, 0.2) is 22.7 Å². The van der Waals surface area contributed by atoms with Gasteiger partial charge in [0.25, 0.3) is 0 Å². The fourth-order valence-electron chi connectivity index (χ4n) is 1.34. The van der Waals surface area contributed by atoms with Crippen LogP contribution in [-0.4, -0.2) is 5.16 Å². The molecular weight excluding hydrogens is 138 g/mol. The third-order valence-electron chi connectivity index (χ3n) is 1.88. The van der Waals surface area contributed by atoms with Crippen LogP contribution in [0.3, 0.4) is 0 Å². The molecule has 0 saturated heterocycles. The Hall–Kier alpha value is -1.31. The molecule has 0 aliphatic carbocycles. The zero-order valence-corrected chi connectivity index (χ0v) is 6.59. The van der Waals surface area contributed by atoms with Gasteiger partial charge in [0.1, 0.15) is 0 Å². The van der Waals surface area contributed by atoms with Gasteiger partial charge in [0.15, 0.2) is 5.58 Å². The highest BCUT2D eigenvalue weighted by Crippen LogP contribution is 2.20. The van der Waals surface area contributed by atoms with E-state index < -0.39 is 0 Å². The van der Waals surface area contributed by atoms with E-state index in [-0.39, 0.29) is 0 Å². The Labute approximate surface area is 64.8 Å². The van der Waals surface area contributed by atoms with Crippen LogP contribution < -0.4 is 0 Å². The molecule has 0 radical (unpaired) electrons. The Morgan fingerprint density at radius 1 is 1.27 bits per heavy atom. The maximum absolute atomic E-state index is 5.08. The smallest absolute Gasteiger partial charge is 0.167 e. The summed E-state index contributed by atoms with van der Waals surface area (Å²) in [7, 11) is 0. The van der Waals surface area contributed by atoms with Crippen LogP contribution in [0.25, 0.3) is 11.0 Å². The highest BCUT2D eigenvalue weighted by atomic mass is 16.5. The van der Waals surface area contributed by atoms with E-state index in [1.54, 1.807) is 0 Å². The molecule has 0 spiro atoms. The quantitative estimate of drug-likeness (QED) is 0.572. The van der Waals surface area contributed by atoms with Crippen LogP contribution >= 0.6 is 0 Å². The van der Waals surface area contributed by atoms with Gasteiger partial charge in [-0.3, -0.25) is 0 Å². The zero-order valence-electron chi connectivity index (χ0n) is 6.59. The monoisotopic (exact) mass is 147 g/mol. The van der Waals surface area contributed by atoms with E-state index in [0.717, 1.165) is 16.7 Å². The minimum absolute atomic E-state index is 0.877. The van der Waals surface area contributed by atoms with Crippen LogP contribution in [0.4, 0.5) is 0 Å². The van der Waals surface area contributed by atoms with E-state index in [9.17, 15) is 0 Å². The van der Waals surface area contributed by atoms with Crippen molar-refractivity contribution < 1.29 is 4.52 Å². The molecule has 2 nitrogen and oxygen atoms in total. The van der Waals surface area contributed by atoms with Gasteiger partial charge in [0.2, 0.25) is 0 Å². The molecule has 1 aromatic carbocycles. The predicted molar refractivity (Wildman–Crippen MR) is 43.5 cm³/mol. The van der Waals surface area contributed by atoms with Crippen LogP contribution in [0, 0.1) is 13.8 Å². The summed E-state index contributed by atoms with van der Waals surface area (Å²) in [6.07, 6.45) is 0. The molecule has 0 fully saturated rings. The van der Waals surface area contributed by atoms with Gasteiger partial charge in [0, 0.05) is 5.39 Å². The molecule has 1 heterocycles. The van der Waals surface area contributed by atoms with Crippen LogP contribution in [0.2, 0.25) is 0 Å². The minimum atomic E-state index is 0.877. The van der Waals surface area contributed by atoms with E-state index >= 15 is 0 Å². The molecule has 11 heavy (non-hydrogen) atoms. The van der Waals surface area contributed by atoms with Crippen LogP contribution in [0.5, 0.6) is 0 Å². The van der Waals surface area contributed by atoms with Gasteiger partial charge in [-0.15, -0.1) is 0 Å². The highest BCUT2D eigenvalue weighted by Gasteiger charge is 2.04. The average molecular weight is 147 g/mol. The average Bonchev–Trinajstić information content (AvgIpc) is 2.34. The van der Waals surface area contributed by atoms with E-state index in [2.05, 4.69) is 18.1 Å². The molecule has 0 amide bonds. The number of aryl methyl sites for hydroxylation is 2. The summed E-state index contributed by atoms with van der Waals surface area (Å²) in [6, 6.07) is 5.97. The van der Waals surface area contributed by atoms with Crippen molar-refractivity contribution in [1.82, 2.24) is 5.16 Å². The minimum Gasteiger partial charge on any atom is -0.356 e. The van der Waals surface area contributed by atoms with Gasteiger partial charge in [-0.25, -0.2) is 0 Å². The molecule has 2 rings (SSSR count). The van der Waals surface area contributed by atoms with Crippen molar-refractivity contribution in [3.63, 3.8) is 0 Å². The van der Waals surface area contributed by atoms with Crippen molar-refractivity contribution in [2.75, 3.05) is 0 Å². The van der Waals surface area contributed by atoms with Crippen molar-refractivity contribution >= 4 is 11.0 Å². The second-order valence-electron chi connectivity index (χ2n) is 2.72. The molecule has 0 N–H and O–H groups in total. The lowest BCUT2D eigenvalue weighted by atomic mass is 10.1. The van der Waals surface area contributed by atoms with E-state index in [1.165, 1.54) is 5.56 Å². The Bertz CT molecular complexity index is 389. The molecule has 0 aliphatic heterocycles. The molecule has 2 aromatic rings. The van der Waals surface area contributed by atoms with Gasteiger partial charge in [0.05, 0.1) is 5.69 Å². The molecule has 2 heteroatoms. The number of nitrogens with zero attached hydrogens (tertiary/aromatic N) is 1. The normalized spacial score (nSPS) is 10.7. The topological polar surface area (TPSA) is 26.0 Å². The van der Waals surface area contributed by atoms with Gasteiger partial charge in [-0.2, -0.15) is 0 Å². The predicted octanol–water partition coefficient (Wildman–Crippen LogP) is 2.44. The first kappa shape index (κ1) is 6.40. The van der Waals surface area contributed by atoms with Gasteiger partial charge in [-0.1, -0.05) is 17.3 Å². The second-order valence-corrected chi connectivity index (χ2v) is 2.72. The lowest BCUT2D eigenvalue weighted by molar-refractivity contribution is 0.450. The fraction of sp³-hybridized carbons (Fsp3) is 0.222. The lowest BCUT2D eigenvalue weighted by Gasteiger charge is -1.91. The first-order chi connectivity index (χ1) is 5.29. The van der Waals surface area contributed by atoms with Gasteiger partial charge >= 0.3 is 0 Å². The molecule has 1 aromatic heterocycles. The fourth-order valence-corrected chi connectivity index (χ4v) is 1.34. The van der Waals surface area contributed by atoms with E-state index in [1.807, 2.05) is 19.1 Å². The molecule has 56 valence electrons. The highest BCUT2D eigenvalue weighted by molar-refractivity contribution is 5.82. The SMILES string of the molecule is Cc1cccc2onc(C)c12. The second kappa shape index (κ2) is 2.09. The Kier molecular flexibility index (Phi) is 1.22. The maximum atomic E-state index is 5.08. The van der Waals surface area contributed by atoms with Crippen molar-refractivity contribution in [1.29, 1.82) is 0 Å². The number of benzene rings is 1. The molecule has 0 aliphatic rings. The van der Waals surface area contributed by atoms with Crippen molar-refractivity contribution in [2.45, 2.75) is 13.8 Å². The molecule has 0 atom stereocenters. The summed E-state index contributed by atoms with van der Waals surface area (Å²) in [6.45, 7) is 4.02. The Morgan fingerprint density at radius 3 is 2.82 bits per heavy atom. The Morgan fingerprint density at radius 2 is 2.09 bits per heavy atom. The number of hydrogen-bond acceptors (Lipinski definition) is 2. The summed E-state index contributed by atoms with van der Waals surface area (Å²) < 4.78 is 5.08. The molecule has 0 unspecified atom stereocenters. The van der Waals surface area contributed by atoms with E-state index in [4.69, 9.17) is 4.52 Å². The standard InChI is InChI=1S/C9H9NO/c1-6-4-3-5-8-9(6)7(2)10-11-8/h3-5H,1-2H3. The first-order valence-electron chi connectivity index (χ1n) is 3.60. The largest absolute Gasteiger partial charge is 0.356 e. The summed E-state index contributed by atoms with van der Waals surface area (Å²) >= 11 is 0. The number of fused-ring (bicyclic) bond motifs is 1. The summed E-state index contributed by atoms with van der Waals surface area (Å²) in [4.78, 5) is 0. The third-order valence-corrected chi connectivity index (χ3v) is 1.88. The lowest BCUT2D eigenvalue weighted by Crippen LogP contribution is -1.75. The summed E-state index contributed by atoms with van der Waals surface area (Å²) in [5.41, 5.74) is 3.07. The van der Waals surface area contributed by atoms with Gasteiger partial charge in [-0.05, 0) is 25.5 Å². The summed E-state index contributed by atoms with van der Waals surface area (Å²) in [5, 5.41) is 5.03. The van der Waals surface area contributed by atoms with E-state index in [0.29, 0.717) is 0 Å².